The number of rotatable bonds is 7. The van der Waals surface area contributed by atoms with E-state index in [0.717, 1.165) is 29.0 Å². The van der Waals surface area contributed by atoms with Crippen LogP contribution in [0.4, 0.5) is 0 Å². The number of carbonyl (C=O) groups excluding carboxylic acids is 1. The summed E-state index contributed by atoms with van der Waals surface area (Å²) >= 11 is 1.39. The van der Waals surface area contributed by atoms with Crippen molar-refractivity contribution in [3.05, 3.63) is 45.9 Å². The van der Waals surface area contributed by atoms with E-state index in [1.165, 1.54) is 11.3 Å². The monoisotopic (exact) mass is 318 g/mol. The fourth-order valence-electron chi connectivity index (χ4n) is 2.27. The van der Waals surface area contributed by atoms with Gasteiger partial charge < -0.3 is 15.2 Å². The van der Waals surface area contributed by atoms with Crippen molar-refractivity contribution in [1.82, 2.24) is 10.3 Å². The third kappa shape index (κ3) is 3.45. The average molecular weight is 318 g/mol. The number of aromatic nitrogens is 1. The van der Waals surface area contributed by atoms with Crippen LogP contribution >= 0.6 is 11.3 Å². The van der Waals surface area contributed by atoms with Crippen molar-refractivity contribution in [2.45, 2.75) is 25.3 Å². The second-order valence-corrected chi connectivity index (χ2v) is 6.06. The number of amides is 1. The lowest BCUT2D eigenvalue weighted by molar-refractivity contribution is 0.0953. The Balaban J connectivity index is 1.64. The van der Waals surface area contributed by atoms with Crippen LogP contribution in [0.3, 0.4) is 0 Å². The number of nitrogens with one attached hydrogen (secondary N) is 1. The molecule has 2 N–H and O–H groups in total. The zero-order valence-electron chi connectivity index (χ0n) is 12.1. The molecule has 1 aromatic heterocycles. The highest BCUT2D eigenvalue weighted by molar-refractivity contribution is 7.11. The summed E-state index contributed by atoms with van der Waals surface area (Å²) < 4.78 is 5.47. The lowest BCUT2D eigenvalue weighted by Crippen LogP contribution is -2.23. The number of benzene rings is 1. The molecule has 1 aliphatic carbocycles. The lowest BCUT2D eigenvalue weighted by Gasteiger charge is -2.11. The molecule has 1 fully saturated rings. The Morgan fingerprint density at radius 2 is 2.23 bits per heavy atom. The predicted molar refractivity (Wildman–Crippen MR) is 84.3 cm³/mol. The van der Waals surface area contributed by atoms with Crippen LogP contribution in [0.5, 0.6) is 5.75 Å². The van der Waals surface area contributed by atoms with Gasteiger partial charge in [0.05, 0.1) is 17.8 Å². The zero-order chi connectivity index (χ0) is 15.4. The van der Waals surface area contributed by atoms with Crippen molar-refractivity contribution in [1.29, 1.82) is 0 Å². The van der Waals surface area contributed by atoms with Crippen LogP contribution in [0, 0.1) is 0 Å². The van der Waals surface area contributed by atoms with Gasteiger partial charge >= 0.3 is 0 Å². The van der Waals surface area contributed by atoms with Gasteiger partial charge in [0.15, 0.2) is 0 Å². The summed E-state index contributed by atoms with van der Waals surface area (Å²) in [6, 6.07) is 7.50. The molecule has 0 atom stereocenters. The molecule has 6 heteroatoms. The van der Waals surface area contributed by atoms with Crippen LogP contribution in [0.15, 0.2) is 29.8 Å². The number of aliphatic hydroxyl groups excluding tert-OH is 1. The fraction of sp³-hybridized carbons (Fsp3) is 0.375. The first kappa shape index (κ1) is 15.0. The van der Waals surface area contributed by atoms with E-state index in [1.807, 2.05) is 24.3 Å². The molecule has 1 saturated carbocycles. The molecule has 0 aliphatic heterocycles. The van der Waals surface area contributed by atoms with E-state index in [0.29, 0.717) is 18.2 Å². The summed E-state index contributed by atoms with van der Waals surface area (Å²) in [6.45, 7) is 0.598. The van der Waals surface area contributed by atoms with Crippen LogP contribution < -0.4 is 10.1 Å². The fourth-order valence-corrected chi connectivity index (χ4v) is 3.07. The number of carbonyl (C=O) groups is 1. The number of aliphatic hydroxyl groups is 1. The lowest BCUT2D eigenvalue weighted by atomic mass is 10.2. The van der Waals surface area contributed by atoms with Crippen LogP contribution in [-0.4, -0.2) is 29.2 Å². The van der Waals surface area contributed by atoms with Gasteiger partial charge in [0, 0.05) is 18.0 Å². The van der Waals surface area contributed by atoms with Gasteiger partial charge in [0.25, 0.3) is 5.91 Å². The molecular formula is C16H18N2O3S. The minimum atomic E-state index is -0.0821. The Kier molecular flexibility index (Phi) is 4.70. The van der Waals surface area contributed by atoms with Crippen LogP contribution in [-0.2, 0) is 6.54 Å². The first-order chi connectivity index (χ1) is 10.8. The quantitative estimate of drug-likeness (QED) is 0.822. The van der Waals surface area contributed by atoms with Crippen LogP contribution in [0.25, 0.3) is 0 Å². The molecule has 1 aliphatic rings. The molecule has 3 rings (SSSR count). The minimum absolute atomic E-state index is 0.0354. The summed E-state index contributed by atoms with van der Waals surface area (Å²) in [5, 5.41) is 11.8. The van der Waals surface area contributed by atoms with Gasteiger partial charge in [-0.2, -0.15) is 0 Å². The number of thiazole rings is 1. The van der Waals surface area contributed by atoms with Crippen molar-refractivity contribution in [2.75, 3.05) is 13.2 Å². The topological polar surface area (TPSA) is 71.5 Å². The Hall–Kier alpha value is -1.92. The predicted octanol–water partition coefficient (Wildman–Crippen LogP) is 2.32. The van der Waals surface area contributed by atoms with Crippen molar-refractivity contribution >= 4 is 17.2 Å². The summed E-state index contributed by atoms with van der Waals surface area (Å²) in [6.07, 6.45) is 2.25. The second kappa shape index (κ2) is 6.89. The van der Waals surface area contributed by atoms with E-state index >= 15 is 0 Å². The van der Waals surface area contributed by atoms with Crippen molar-refractivity contribution in [3.63, 3.8) is 0 Å². The first-order valence-electron chi connectivity index (χ1n) is 7.32. The van der Waals surface area contributed by atoms with Crippen molar-refractivity contribution < 1.29 is 14.6 Å². The molecule has 0 saturated heterocycles. The molecule has 1 aromatic carbocycles. The summed E-state index contributed by atoms with van der Waals surface area (Å²) in [5.74, 6) is 1.07. The minimum Gasteiger partial charge on any atom is -0.491 e. The van der Waals surface area contributed by atoms with Crippen LogP contribution in [0.1, 0.15) is 39.7 Å². The van der Waals surface area contributed by atoms with E-state index in [1.54, 1.807) is 5.51 Å². The average Bonchev–Trinajstić information content (AvgIpc) is 3.28. The van der Waals surface area contributed by atoms with Gasteiger partial charge in [0.1, 0.15) is 17.2 Å². The SMILES string of the molecule is O=C(NCc1ccccc1OCCO)c1scnc1C1CC1. The number of hydrogen-bond acceptors (Lipinski definition) is 5. The Morgan fingerprint density at radius 3 is 3.00 bits per heavy atom. The maximum absolute atomic E-state index is 12.3. The molecule has 116 valence electrons. The normalized spacial score (nSPS) is 13.9. The highest BCUT2D eigenvalue weighted by Crippen LogP contribution is 2.41. The maximum Gasteiger partial charge on any atom is 0.263 e. The Bertz CT molecular complexity index is 652. The van der Waals surface area contributed by atoms with Gasteiger partial charge in [-0.05, 0) is 18.9 Å². The van der Waals surface area contributed by atoms with Gasteiger partial charge in [-0.15, -0.1) is 11.3 Å². The second-order valence-electron chi connectivity index (χ2n) is 5.20. The van der Waals surface area contributed by atoms with E-state index in [-0.39, 0.29) is 19.1 Å². The van der Waals surface area contributed by atoms with Gasteiger partial charge in [0.2, 0.25) is 0 Å². The maximum atomic E-state index is 12.3. The first-order valence-corrected chi connectivity index (χ1v) is 8.20. The van der Waals surface area contributed by atoms with E-state index < -0.39 is 0 Å². The van der Waals surface area contributed by atoms with E-state index in [2.05, 4.69) is 10.3 Å². The third-order valence-electron chi connectivity index (χ3n) is 3.53. The number of nitrogens with zero attached hydrogens (tertiary/aromatic N) is 1. The molecule has 0 bridgehead atoms. The van der Waals surface area contributed by atoms with Crippen LogP contribution in [0.2, 0.25) is 0 Å². The van der Waals surface area contributed by atoms with Gasteiger partial charge in [-0.1, -0.05) is 18.2 Å². The standard InChI is InChI=1S/C16H18N2O3S/c19-7-8-21-13-4-2-1-3-12(13)9-17-16(20)15-14(11-5-6-11)18-10-22-15/h1-4,10-11,19H,5-9H2,(H,17,20). The molecule has 0 unspecified atom stereocenters. The number of ether oxygens (including phenoxy) is 1. The van der Waals surface area contributed by atoms with E-state index in [4.69, 9.17) is 9.84 Å². The third-order valence-corrected chi connectivity index (χ3v) is 4.37. The molecule has 22 heavy (non-hydrogen) atoms. The molecular weight excluding hydrogens is 300 g/mol. The largest absolute Gasteiger partial charge is 0.491 e. The molecule has 5 nitrogen and oxygen atoms in total. The van der Waals surface area contributed by atoms with Gasteiger partial charge in [-0.3, -0.25) is 4.79 Å². The van der Waals surface area contributed by atoms with E-state index in [9.17, 15) is 4.79 Å². The number of para-hydroxylation sites is 1. The van der Waals surface area contributed by atoms with Gasteiger partial charge in [-0.25, -0.2) is 4.98 Å². The smallest absolute Gasteiger partial charge is 0.263 e. The number of hydrogen-bond donors (Lipinski definition) is 2. The zero-order valence-corrected chi connectivity index (χ0v) is 12.9. The Labute approximate surface area is 133 Å². The Morgan fingerprint density at radius 1 is 1.41 bits per heavy atom. The van der Waals surface area contributed by atoms with Crippen molar-refractivity contribution in [3.8, 4) is 5.75 Å². The molecule has 1 heterocycles. The summed E-state index contributed by atoms with van der Waals surface area (Å²) in [7, 11) is 0. The highest BCUT2D eigenvalue weighted by Gasteiger charge is 2.30. The summed E-state index contributed by atoms with van der Waals surface area (Å²) in [5.41, 5.74) is 3.56. The summed E-state index contributed by atoms with van der Waals surface area (Å²) in [4.78, 5) is 17.4. The molecule has 2 aromatic rings. The molecule has 0 radical (unpaired) electrons. The molecule has 0 spiro atoms. The molecule has 1 amide bonds. The highest BCUT2D eigenvalue weighted by atomic mass is 32.1. The van der Waals surface area contributed by atoms with Crippen molar-refractivity contribution in [2.24, 2.45) is 0 Å².